The lowest BCUT2D eigenvalue weighted by Crippen LogP contribution is -2.48. The van der Waals surface area contributed by atoms with Crippen LogP contribution in [0.1, 0.15) is 39.5 Å². The summed E-state index contributed by atoms with van der Waals surface area (Å²) < 4.78 is 5.20. The quantitative estimate of drug-likeness (QED) is 0.109. The van der Waals surface area contributed by atoms with E-state index in [0.717, 1.165) is 0 Å². The van der Waals surface area contributed by atoms with Crippen LogP contribution in [-0.2, 0) is 14.3 Å². The van der Waals surface area contributed by atoms with E-state index < -0.39 is 17.0 Å². The van der Waals surface area contributed by atoms with E-state index in [1.807, 2.05) is 13.8 Å². The van der Waals surface area contributed by atoms with Gasteiger partial charge in [-0.05, 0) is 31.6 Å². The van der Waals surface area contributed by atoms with Crippen molar-refractivity contribution in [1.29, 1.82) is 5.41 Å². The van der Waals surface area contributed by atoms with E-state index >= 15 is 0 Å². The Morgan fingerprint density at radius 3 is 2.74 bits per heavy atom. The van der Waals surface area contributed by atoms with Crippen LogP contribution in [0.15, 0.2) is 0 Å². The molecule has 1 unspecified atom stereocenters. The predicted octanol–water partition coefficient (Wildman–Crippen LogP) is -0.0823. The molecule has 0 aliphatic carbocycles. The minimum absolute atomic E-state index is 0.216. The van der Waals surface area contributed by atoms with Crippen LogP contribution in [0.2, 0.25) is 0 Å². The molecule has 11 heteroatoms. The summed E-state index contributed by atoms with van der Waals surface area (Å²) >= 11 is 0. The van der Waals surface area contributed by atoms with E-state index in [1.54, 1.807) is 12.0 Å². The summed E-state index contributed by atoms with van der Waals surface area (Å²) in [5.41, 5.74) is 1.69. The molecule has 1 fully saturated rings. The third-order valence-corrected chi connectivity index (χ3v) is 3.94. The minimum Gasteiger partial charge on any atom is -0.381 e. The number of nitro groups is 1. The maximum absolute atomic E-state index is 12.4. The number of carbonyl (C=O) groups is 2. The molecule has 1 aliphatic rings. The molecule has 0 spiro atoms. The molecule has 0 aromatic heterocycles. The van der Waals surface area contributed by atoms with E-state index in [-0.39, 0.29) is 24.3 Å². The second-order valence-corrected chi connectivity index (χ2v) is 6.78. The Morgan fingerprint density at radius 1 is 1.41 bits per heavy atom. The summed E-state index contributed by atoms with van der Waals surface area (Å²) in [5.74, 6) is -0.805. The fourth-order valence-electron chi connectivity index (χ4n) is 2.45. The lowest BCUT2D eigenvalue weighted by molar-refractivity contribution is -0.525. The van der Waals surface area contributed by atoms with Gasteiger partial charge in [0, 0.05) is 19.7 Å². The Labute approximate surface area is 158 Å². The molecule has 1 aliphatic heterocycles. The zero-order valence-corrected chi connectivity index (χ0v) is 15.7. The fourth-order valence-corrected chi connectivity index (χ4v) is 2.45. The average molecular weight is 385 g/mol. The second kappa shape index (κ2) is 12.0. The van der Waals surface area contributed by atoms with Crippen molar-refractivity contribution >= 4 is 17.8 Å². The number of nitrogens with one attached hydrogen (secondary N) is 5. The number of guanidine groups is 1. The molecule has 0 aromatic rings. The number of hydrazine groups is 1. The average Bonchev–Trinajstić information content (AvgIpc) is 3.11. The molecule has 5 N–H and O–H groups in total. The summed E-state index contributed by atoms with van der Waals surface area (Å²) in [6, 6.07) is -0.721. The van der Waals surface area contributed by atoms with Crippen molar-refractivity contribution in [3.63, 3.8) is 0 Å². The number of ether oxygens (including phenoxy) is 1. The number of amides is 2. The number of nitrogens with zero attached hydrogens (tertiary/aromatic N) is 1. The summed E-state index contributed by atoms with van der Waals surface area (Å²) in [6.07, 6.45) is 2.12. The number of hydrogen-bond acceptors (Lipinski definition) is 6. The molecule has 1 radical (unpaired) electrons. The smallest absolute Gasteiger partial charge is 0.251 e. The molecule has 0 aromatic carbocycles. The first-order valence-corrected chi connectivity index (χ1v) is 9.03. The van der Waals surface area contributed by atoms with Gasteiger partial charge in [0.15, 0.2) is 5.03 Å². The zero-order valence-electron chi connectivity index (χ0n) is 15.7. The van der Waals surface area contributed by atoms with E-state index in [2.05, 4.69) is 16.0 Å². The lowest BCUT2D eigenvalue weighted by atomic mass is 10.1. The third kappa shape index (κ3) is 9.73. The van der Waals surface area contributed by atoms with Gasteiger partial charge in [-0.3, -0.25) is 15.0 Å². The normalized spacial score (nSPS) is 17.2. The van der Waals surface area contributed by atoms with Crippen LogP contribution in [-0.4, -0.2) is 48.6 Å². The predicted molar refractivity (Wildman–Crippen MR) is 97.8 cm³/mol. The van der Waals surface area contributed by atoms with E-state index in [9.17, 15) is 19.7 Å². The third-order valence-electron chi connectivity index (χ3n) is 3.94. The Hall–Kier alpha value is -2.43. The van der Waals surface area contributed by atoms with Crippen molar-refractivity contribution < 1.29 is 19.4 Å². The van der Waals surface area contributed by atoms with Gasteiger partial charge >= 0.3 is 0 Å². The molecule has 1 rings (SSSR count). The maximum Gasteiger partial charge on any atom is 0.251 e. The topological polar surface area (TPSA) is 158 Å². The monoisotopic (exact) mass is 385 g/mol. The van der Waals surface area contributed by atoms with Crippen molar-refractivity contribution in [2.45, 2.75) is 45.6 Å². The van der Waals surface area contributed by atoms with Crippen molar-refractivity contribution in [2.75, 3.05) is 19.8 Å². The summed E-state index contributed by atoms with van der Waals surface area (Å²) in [4.78, 5) is 34.9. The van der Waals surface area contributed by atoms with Crippen LogP contribution in [0, 0.1) is 33.9 Å². The zero-order chi connectivity index (χ0) is 20.2. The van der Waals surface area contributed by atoms with E-state index in [1.165, 1.54) is 0 Å². The van der Waals surface area contributed by atoms with Crippen LogP contribution in [0.4, 0.5) is 0 Å². The molecule has 2 atom stereocenters. The highest BCUT2D eigenvalue weighted by Gasteiger charge is 2.28. The summed E-state index contributed by atoms with van der Waals surface area (Å²) in [7, 11) is 0. The van der Waals surface area contributed by atoms with Gasteiger partial charge in [0.1, 0.15) is 6.04 Å². The Bertz CT molecular complexity index is 521. The molecule has 1 heterocycles. The first-order valence-electron chi connectivity index (χ1n) is 9.03. The number of rotatable bonds is 11. The van der Waals surface area contributed by atoms with Gasteiger partial charge in [0.25, 0.3) is 5.96 Å². The largest absolute Gasteiger partial charge is 0.381 e. The van der Waals surface area contributed by atoms with Gasteiger partial charge < -0.3 is 20.7 Å². The first kappa shape index (κ1) is 22.6. The lowest BCUT2D eigenvalue weighted by Gasteiger charge is -2.20. The molecule has 0 bridgehead atoms. The Kier molecular flexibility index (Phi) is 10.1. The standard InChI is InChI=1S/C16H29N6O5/c1-11(2)5-8-18-15(24)13(20-14(23)12-6-9-27-10-12)4-3-7-19-16(17)21-22(25)26/h8,11-13H,3-7,9-10H2,1-2H3,(H,18,24)(H,20,23)(H3,17,19,21)/t12?,13-/m0/s1. The molecule has 0 saturated carbocycles. The van der Waals surface area contributed by atoms with Gasteiger partial charge in [-0.2, -0.15) is 0 Å². The molecule has 27 heavy (non-hydrogen) atoms. The van der Waals surface area contributed by atoms with Gasteiger partial charge in [-0.1, -0.05) is 19.3 Å². The second-order valence-electron chi connectivity index (χ2n) is 6.78. The SMILES string of the molecule is CC(C)C[CH]NC(=O)[C@H](CCCNC(=N)N[N+](=O)[O-])NC(=O)C1CCOC1. The summed E-state index contributed by atoms with van der Waals surface area (Å²) in [6.45, 7) is 6.88. The van der Waals surface area contributed by atoms with E-state index in [0.29, 0.717) is 44.8 Å². The Balaban J connectivity index is 2.47. The van der Waals surface area contributed by atoms with Gasteiger partial charge in [0.2, 0.25) is 11.8 Å². The van der Waals surface area contributed by atoms with Crippen LogP contribution >= 0.6 is 0 Å². The maximum atomic E-state index is 12.4. The van der Waals surface area contributed by atoms with Crippen molar-refractivity contribution in [1.82, 2.24) is 21.4 Å². The molecular weight excluding hydrogens is 356 g/mol. The minimum atomic E-state index is -0.833. The van der Waals surface area contributed by atoms with Crippen LogP contribution in [0.3, 0.4) is 0 Å². The molecular formula is C16H29N6O5. The molecule has 1 saturated heterocycles. The van der Waals surface area contributed by atoms with Crippen LogP contribution in [0.5, 0.6) is 0 Å². The van der Waals surface area contributed by atoms with Crippen LogP contribution < -0.4 is 21.4 Å². The van der Waals surface area contributed by atoms with Gasteiger partial charge in [-0.25, -0.2) is 10.1 Å². The molecule has 11 nitrogen and oxygen atoms in total. The van der Waals surface area contributed by atoms with Crippen molar-refractivity contribution in [3.8, 4) is 0 Å². The fraction of sp³-hybridized carbons (Fsp3) is 0.750. The van der Waals surface area contributed by atoms with Crippen molar-refractivity contribution in [2.24, 2.45) is 11.8 Å². The Morgan fingerprint density at radius 2 is 2.15 bits per heavy atom. The van der Waals surface area contributed by atoms with Crippen molar-refractivity contribution in [3.05, 3.63) is 16.7 Å². The van der Waals surface area contributed by atoms with Gasteiger partial charge in [-0.15, -0.1) is 0 Å². The first-order chi connectivity index (χ1) is 12.8. The van der Waals surface area contributed by atoms with Crippen LogP contribution in [0.25, 0.3) is 0 Å². The van der Waals surface area contributed by atoms with E-state index in [4.69, 9.17) is 10.1 Å². The number of carbonyl (C=O) groups excluding carboxylic acids is 2. The highest BCUT2D eigenvalue weighted by atomic mass is 16.7. The highest BCUT2D eigenvalue weighted by Crippen LogP contribution is 2.13. The summed E-state index contributed by atoms with van der Waals surface area (Å²) in [5, 5.41) is 24.7. The molecule has 153 valence electrons. The number of hydrogen-bond donors (Lipinski definition) is 5. The van der Waals surface area contributed by atoms with Gasteiger partial charge in [0.05, 0.1) is 12.5 Å². The molecule has 2 amide bonds. The highest BCUT2D eigenvalue weighted by molar-refractivity contribution is 5.88.